The SMILES string of the molecule is C[C@@H]([NH2+]CC(=O)NCCc1c[nH]c2ccccc12)c1ccco1. The van der Waals surface area contributed by atoms with Gasteiger partial charge in [-0.15, -0.1) is 0 Å². The number of nitrogens with two attached hydrogens (primary N) is 1. The number of para-hydroxylation sites is 1. The Morgan fingerprint density at radius 3 is 3.00 bits per heavy atom. The molecule has 0 aliphatic heterocycles. The number of rotatable bonds is 7. The minimum atomic E-state index is 0.0447. The van der Waals surface area contributed by atoms with E-state index in [9.17, 15) is 4.79 Å². The summed E-state index contributed by atoms with van der Waals surface area (Å²) in [5.74, 6) is 0.930. The van der Waals surface area contributed by atoms with Crippen LogP contribution in [-0.4, -0.2) is 24.0 Å². The third-order valence-electron chi connectivity index (χ3n) is 4.04. The predicted octanol–water partition coefficient (Wildman–Crippen LogP) is 1.74. The number of carbonyl (C=O) groups is 1. The number of aromatic amines is 1. The lowest BCUT2D eigenvalue weighted by atomic mass is 10.1. The Hall–Kier alpha value is -2.53. The predicted molar refractivity (Wildman–Crippen MR) is 88.9 cm³/mol. The number of nitrogens with one attached hydrogen (secondary N) is 2. The van der Waals surface area contributed by atoms with Crippen molar-refractivity contribution < 1.29 is 14.5 Å². The number of furan rings is 1. The normalized spacial score (nSPS) is 12.4. The Morgan fingerprint density at radius 2 is 2.17 bits per heavy atom. The van der Waals surface area contributed by atoms with E-state index < -0.39 is 0 Å². The minimum absolute atomic E-state index is 0.0447. The Morgan fingerprint density at radius 1 is 1.30 bits per heavy atom. The smallest absolute Gasteiger partial charge is 0.275 e. The lowest BCUT2D eigenvalue weighted by molar-refractivity contribution is -0.684. The van der Waals surface area contributed by atoms with Crippen molar-refractivity contribution in [3.63, 3.8) is 0 Å². The number of hydrogen-bond acceptors (Lipinski definition) is 2. The summed E-state index contributed by atoms with van der Waals surface area (Å²) in [6.45, 7) is 3.07. The van der Waals surface area contributed by atoms with Gasteiger partial charge in [0.15, 0.2) is 12.3 Å². The zero-order valence-corrected chi connectivity index (χ0v) is 13.2. The summed E-state index contributed by atoms with van der Waals surface area (Å²) >= 11 is 0. The van der Waals surface area contributed by atoms with Gasteiger partial charge in [0, 0.05) is 23.6 Å². The highest BCUT2D eigenvalue weighted by Gasteiger charge is 2.13. The molecule has 3 rings (SSSR count). The number of H-pyrrole nitrogens is 1. The van der Waals surface area contributed by atoms with Gasteiger partial charge < -0.3 is 20.0 Å². The molecule has 2 aromatic heterocycles. The fourth-order valence-electron chi connectivity index (χ4n) is 2.70. The molecule has 0 saturated carbocycles. The number of aromatic nitrogens is 1. The number of carbonyl (C=O) groups excluding carboxylic acids is 1. The average molecular weight is 312 g/mol. The molecule has 5 heteroatoms. The van der Waals surface area contributed by atoms with Crippen LogP contribution in [0.4, 0.5) is 0 Å². The van der Waals surface area contributed by atoms with Crippen LogP contribution in [0.1, 0.15) is 24.3 Å². The molecule has 0 radical (unpaired) electrons. The molecule has 1 amide bonds. The number of benzene rings is 1. The summed E-state index contributed by atoms with van der Waals surface area (Å²) in [5.41, 5.74) is 2.36. The van der Waals surface area contributed by atoms with Crippen LogP contribution < -0.4 is 10.6 Å². The highest BCUT2D eigenvalue weighted by Crippen LogP contribution is 2.17. The number of fused-ring (bicyclic) bond motifs is 1. The van der Waals surface area contributed by atoms with Gasteiger partial charge in [-0.25, -0.2) is 0 Å². The molecule has 0 fully saturated rings. The van der Waals surface area contributed by atoms with E-state index in [1.54, 1.807) is 6.26 Å². The van der Waals surface area contributed by atoms with E-state index >= 15 is 0 Å². The second kappa shape index (κ2) is 7.15. The van der Waals surface area contributed by atoms with Crippen molar-refractivity contribution in [2.45, 2.75) is 19.4 Å². The highest BCUT2D eigenvalue weighted by atomic mass is 16.3. The lowest BCUT2D eigenvalue weighted by Crippen LogP contribution is -2.87. The van der Waals surface area contributed by atoms with Crippen LogP contribution >= 0.6 is 0 Å². The molecular weight excluding hydrogens is 290 g/mol. The second-order valence-corrected chi connectivity index (χ2v) is 5.70. The van der Waals surface area contributed by atoms with Gasteiger partial charge in [0.1, 0.15) is 6.04 Å². The van der Waals surface area contributed by atoms with E-state index in [4.69, 9.17) is 4.42 Å². The van der Waals surface area contributed by atoms with Crippen LogP contribution in [0.15, 0.2) is 53.3 Å². The van der Waals surface area contributed by atoms with E-state index in [0.29, 0.717) is 13.1 Å². The van der Waals surface area contributed by atoms with Crippen LogP contribution in [0.5, 0.6) is 0 Å². The Kier molecular flexibility index (Phi) is 4.78. The van der Waals surface area contributed by atoms with Gasteiger partial charge in [-0.3, -0.25) is 4.79 Å². The number of quaternary nitrogens is 1. The summed E-state index contributed by atoms with van der Waals surface area (Å²) in [7, 11) is 0. The fourth-order valence-corrected chi connectivity index (χ4v) is 2.70. The summed E-state index contributed by atoms with van der Waals surface area (Å²) in [5, 5.41) is 6.17. The molecule has 120 valence electrons. The third kappa shape index (κ3) is 3.81. The number of hydrogen-bond donors (Lipinski definition) is 3. The molecule has 0 aliphatic rings. The van der Waals surface area contributed by atoms with Gasteiger partial charge in [0.2, 0.25) is 0 Å². The standard InChI is InChI=1S/C18H21N3O2/c1-13(17-7-4-10-23-17)20-12-18(22)19-9-8-14-11-21-16-6-3-2-5-15(14)16/h2-7,10-11,13,20-21H,8-9,12H2,1H3,(H,19,22)/p+1/t13-/m1/s1. The molecule has 0 spiro atoms. The Balaban J connectivity index is 1.42. The molecule has 0 unspecified atom stereocenters. The molecule has 0 aliphatic carbocycles. The first-order valence-electron chi connectivity index (χ1n) is 7.92. The molecule has 0 saturated heterocycles. The molecule has 0 bridgehead atoms. The molecule has 4 N–H and O–H groups in total. The first-order chi connectivity index (χ1) is 11.2. The van der Waals surface area contributed by atoms with Crippen molar-refractivity contribution in [2.24, 2.45) is 0 Å². The zero-order valence-electron chi connectivity index (χ0n) is 13.2. The van der Waals surface area contributed by atoms with Crippen molar-refractivity contribution in [3.05, 3.63) is 60.2 Å². The van der Waals surface area contributed by atoms with Crippen molar-refractivity contribution in [2.75, 3.05) is 13.1 Å². The summed E-state index contributed by atoms with van der Waals surface area (Å²) in [6.07, 6.45) is 4.49. The van der Waals surface area contributed by atoms with Gasteiger partial charge in [-0.2, -0.15) is 0 Å². The van der Waals surface area contributed by atoms with Gasteiger partial charge in [0.05, 0.1) is 6.26 Å². The van der Waals surface area contributed by atoms with Crippen LogP contribution in [0.3, 0.4) is 0 Å². The second-order valence-electron chi connectivity index (χ2n) is 5.70. The topological polar surface area (TPSA) is 74.6 Å². The summed E-state index contributed by atoms with van der Waals surface area (Å²) in [4.78, 5) is 15.2. The molecule has 23 heavy (non-hydrogen) atoms. The highest BCUT2D eigenvalue weighted by molar-refractivity contribution is 5.83. The van der Waals surface area contributed by atoms with E-state index in [0.717, 1.165) is 17.7 Å². The van der Waals surface area contributed by atoms with E-state index in [2.05, 4.69) is 22.4 Å². The number of amides is 1. The van der Waals surface area contributed by atoms with Crippen molar-refractivity contribution in [3.8, 4) is 0 Å². The van der Waals surface area contributed by atoms with Gasteiger partial charge in [-0.05, 0) is 37.1 Å². The molecule has 1 atom stereocenters. The minimum Gasteiger partial charge on any atom is -0.463 e. The first kappa shape index (κ1) is 15.4. The average Bonchev–Trinajstić information content (AvgIpc) is 3.23. The molecule has 1 aromatic carbocycles. The fraction of sp³-hybridized carbons (Fsp3) is 0.278. The molecule has 5 nitrogen and oxygen atoms in total. The molecular formula is C18H22N3O2+. The van der Waals surface area contributed by atoms with Crippen LogP contribution in [-0.2, 0) is 11.2 Å². The third-order valence-corrected chi connectivity index (χ3v) is 4.04. The monoisotopic (exact) mass is 312 g/mol. The Labute approximate surface area is 135 Å². The largest absolute Gasteiger partial charge is 0.463 e. The van der Waals surface area contributed by atoms with Gasteiger partial charge in [0.25, 0.3) is 5.91 Å². The van der Waals surface area contributed by atoms with Crippen molar-refractivity contribution >= 4 is 16.8 Å². The maximum absolute atomic E-state index is 11.9. The maximum Gasteiger partial charge on any atom is 0.275 e. The van der Waals surface area contributed by atoms with Crippen LogP contribution in [0, 0.1) is 0 Å². The molecule has 3 aromatic rings. The van der Waals surface area contributed by atoms with E-state index in [-0.39, 0.29) is 11.9 Å². The van der Waals surface area contributed by atoms with Crippen LogP contribution in [0.2, 0.25) is 0 Å². The van der Waals surface area contributed by atoms with Crippen molar-refractivity contribution in [1.82, 2.24) is 10.3 Å². The molecule has 2 heterocycles. The Bertz CT molecular complexity index is 762. The van der Waals surface area contributed by atoms with E-state index in [1.165, 1.54) is 10.9 Å². The summed E-state index contributed by atoms with van der Waals surface area (Å²) in [6, 6.07) is 12.1. The van der Waals surface area contributed by atoms with Gasteiger partial charge in [-0.1, -0.05) is 18.2 Å². The lowest BCUT2D eigenvalue weighted by Gasteiger charge is -2.08. The van der Waals surface area contributed by atoms with Crippen LogP contribution in [0.25, 0.3) is 10.9 Å². The van der Waals surface area contributed by atoms with E-state index in [1.807, 2.05) is 42.7 Å². The maximum atomic E-state index is 11.9. The quantitative estimate of drug-likeness (QED) is 0.622. The van der Waals surface area contributed by atoms with Gasteiger partial charge >= 0.3 is 0 Å². The summed E-state index contributed by atoms with van der Waals surface area (Å²) < 4.78 is 5.33. The first-order valence-corrected chi connectivity index (χ1v) is 7.92. The van der Waals surface area contributed by atoms with Crippen molar-refractivity contribution in [1.29, 1.82) is 0 Å². The zero-order chi connectivity index (χ0) is 16.1.